The number of aryl methyl sites for hydroxylation is 1. The molecule has 0 unspecified atom stereocenters. The Morgan fingerprint density at radius 3 is 2.74 bits per heavy atom. The molecule has 1 N–H and O–H groups in total. The normalized spacial score (nSPS) is 10.4. The number of nitro groups is 1. The predicted molar refractivity (Wildman–Crippen MR) is 99.5 cm³/mol. The van der Waals surface area contributed by atoms with Crippen LogP contribution in [0.4, 0.5) is 15.2 Å². The van der Waals surface area contributed by atoms with Gasteiger partial charge in [-0.15, -0.1) is 11.3 Å². The van der Waals surface area contributed by atoms with Gasteiger partial charge in [0.1, 0.15) is 5.82 Å². The minimum Gasteiger partial charge on any atom is -0.477 e. The number of halogens is 1. The fourth-order valence-corrected chi connectivity index (χ4v) is 2.98. The average Bonchev–Trinajstić information content (AvgIpc) is 3.08. The monoisotopic (exact) mass is 387 g/mol. The molecule has 0 aliphatic rings. The molecule has 0 saturated carbocycles. The van der Waals surface area contributed by atoms with E-state index in [2.05, 4.69) is 10.3 Å². The number of thiazole rings is 1. The molecular weight excluding hydrogens is 373 g/mol. The third-order valence-electron chi connectivity index (χ3n) is 3.58. The van der Waals surface area contributed by atoms with Crippen molar-refractivity contribution in [1.82, 2.24) is 4.98 Å². The third-order valence-corrected chi connectivity index (χ3v) is 4.33. The Bertz CT molecular complexity index is 989. The lowest BCUT2D eigenvalue weighted by Gasteiger charge is -2.06. The molecule has 1 amide bonds. The summed E-state index contributed by atoms with van der Waals surface area (Å²) in [6.07, 6.45) is 0. The molecule has 7 nitrogen and oxygen atoms in total. The van der Waals surface area contributed by atoms with Gasteiger partial charge in [-0.2, -0.15) is 0 Å². The van der Waals surface area contributed by atoms with E-state index in [4.69, 9.17) is 4.74 Å². The maximum Gasteiger partial charge on any atom is 0.311 e. The third kappa shape index (κ3) is 4.64. The van der Waals surface area contributed by atoms with Crippen molar-refractivity contribution in [2.24, 2.45) is 0 Å². The number of hydrogen-bond donors (Lipinski definition) is 1. The van der Waals surface area contributed by atoms with Crippen molar-refractivity contribution in [3.8, 4) is 17.0 Å². The van der Waals surface area contributed by atoms with E-state index in [1.54, 1.807) is 5.38 Å². The Labute approximate surface area is 157 Å². The molecule has 0 radical (unpaired) electrons. The molecule has 27 heavy (non-hydrogen) atoms. The summed E-state index contributed by atoms with van der Waals surface area (Å²) in [6.45, 7) is 1.48. The fourth-order valence-electron chi connectivity index (χ4n) is 2.24. The van der Waals surface area contributed by atoms with Crippen molar-refractivity contribution >= 4 is 28.1 Å². The lowest BCUT2D eigenvalue weighted by atomic mass is 10.1. The number of amides is 1. The molecule has 0 aliphatic heterocycles. The number of hydrogen-bond acceptors (Lipinski definition) is 6. The van der Waals surface area contributed by atoms with Gasteiger partial charge in [-0.3, -0.25) is 20.2 Å². The van der Waals surface area contributed by atoms with E-state index in [0.717, 1.165) is 35.0 Å². The molecule has 0 bridgehead atoms. The molecule has 9 heteroatoms. The quantitative estimate of drug-likeness (QED) is 0.506. The highest BCUT2D eigenvalue weighted by Gasteiger charge is 2.17. The number of aromatic nitrogens is 1. The number of nitrogens with zero attached hydrogens (tertiary/aromatic N) is 2. The Kier molecular flexibility index (Phi) is 5.41. The second-order valence-electron chi connectivity index (χ2n) is 5.61. The second-order valence-corrected chi connectivity index (χ2v) is 6.47. The topological polar surface area (TPSA) is 94.4 Å². The van der Waals surface area contributed by atoms with Crippen LogP contribution in [0.2, 0.25) is 0 Å². The maximum absolute atomic E-state index is 13.3. The molecule has 3 aromatic rings. The number of ether oxygens (including phenoxy) is 1. The van der Waals surface area contributed by atoms with Crippen LogP contribution in [0.1, 0.15) is 5.56 Å². The molecule has 0 saturated heterocycles. The average molecular weight is 387 g/mol. The summed E-state index contributed by atoms with van der Waals surface area (Å²) in [7, 11) is 0. The highest BCUT2D eigenvalue weighted by atomic mass is 32.1. The van der Waals surface area contributed by atoms with E-state index >= 15 is 0 Å². The van der Waals surface area contributed by atoms with Crippen LogP contribution in [0, 0.1) is 22.9 Å². The summed E-state index contributed by atoms with van der Waals surface area (Å²) < 4.78 is 18.4. The first-order valence-electron chi connectivity index (χ1n) is 7.81. The molecule has 138 valence electrons. The summed E-state index contributed by atoms with van der Waals surface area (Å²) in [4.78, 5) is 26.6. The summed E-state index contributed by atoms with van der Waals surface area (Å²) in [5.41, 5.74) is 2.35. The number of nitro benzene ring substituents is 1. The first-order valence-corrected chi connectivity index (χ1v) is 8.69. The van der Waals surface area contributed by atoms with Gasteiger partial charge in [-0.05, 0) is 13.0 Å². The molecule has 1 aromatic heterocycles. The van der Waals surface area contributed by atoms with E-state index in [-0.39, 0.29) is 5.75 Å². The standard InChI is InChI=1S/C18H14FN3O4S/c1-11-2-4-12(5-3-11)14-10-27-18(20-14)21-17(23)9-26-16-8-13(19)6-7-15(16)22(24)25/h2-8,10H,9H2,1H3,(H,20,21,23). The zero-order valence-electron chi connectivity index (χ0n) is 14.1. The van der Waals surface area contributed by atoms with Crippen molar-refractivity contribution < 1.29 is 18.8 Å². The van der Waals surface area contributed by atoms with Crippen LogP contribution in [0.25, 0.3) is 11.3 Å². The van der Waals surface area contributed by atoms with Gasteiger partial charge >= 0.3 is 5.69 Å². The smallest absolute Gasteiger partial charge is 0.311 e. The molecule has 1 heterocycles. The minimum absolute atomic E-state index is 0.311. The van der Waals surface area contributed by atoms with Gasteiger partial charge in [0.25, 0.3) is 5.91 Å². The Morgan fingerprint density at radius 2 is 2.04 bits per heavy atom. The van der Waals surface area contributed by atoms with Crippen LogP contribution in [0.3, 0.4) is 0 Å². The molecular formula is C18H14FN3O4S. The van der Waals surface area contributed by atoms with Gasteiger partial charge < -0.3 is 4.74 Å². The number of carbonyl (C=O) groups excluding carboxylic acids is 1. The van der Waals surface area contributed by atoms with Crippen molar-refractivity contribution in [2.45, 2.75) is 6.92 Å². The van der Waals surface area contributed by atoms with Crippen LogP contribution < -0.4 is 10.1 Å². The summed E-state index contributed by atoms with van der Waals surface area (Å²) in [5, 5.41) is 15.7. The Hall–Kier alpha value is -3.33. The zero-order chi connectivity index (χ0) is 19.4. The maximum atomic E-state index is 13.3. The Balaban J connectivity index is 1.63. The number of nitrogens with one attached hydrogen (secondary N) is 1. The number of benzene rings is 2. The van der Waals surface area contributed by atoms with E-state index < -0.39 is 28.9 Å². The van der Waals surface area contributed by atoms with Gasteiger partial charge in [-0.25, -0.2) is 9.37 Å². The summed E-state index contributed by atoms with van der Waals surface area (Å²) in [6, 6.07) is 10.6. The number of carbonyl (C=O) groups is 1. The number of anilines is 1. The van der Waals surface area contributed by atoms with Crippen LogP contribution >= 0.6 is 11.3 Å². The minimum atomic E-state index is -0.707. The molecule has 0 spiro atoms. The van der Waals surface area contributed by atoms with E-state index in [9.17, 15) is 19.3 Å². The molecule has 3 rings (SSSR count). The predicted octanol–water partition coefficient (Wildman–Crippen LogP) is 4.18. The number of rotatable bonds is 6. The van der Waals surface area contributed by atoms with Crippen molar-refractivity contribution in [3.63, 3.8) is 0 Å². The van der Waals surface area contributed by atoms with Gasteiger partial charge in [0.15, 0.2) is 11.7 Å². The van der Waals surface area contributed by atoms with E-state index in [1.165, 1.54) is 11.3 Å². The van der Waals surface area contributed by atoms with Gasteiger partial charge in [-0.1, -0.05) is 29.8 Å². The Morgan fingerprint density at radius 1 is 1.30 bits per heavy atom. The van der Waals surface area contributed by atoms with E-state index in [1.807, 2.05) is 31.2 Å². The summed E-state index contributed by atoms with van der Waals surface area (Å²) >= 11 is 1.24. The molecule has 0 atom stereocenters. The highest BCUT2D eigenvalue weighted by molar-refractivity contribution is 7.14. The second kappa shape index (κ2) is 7.92. The molecule has 0 aliphatic carbocycles. The van der Waals surface area contributed by atoms with Crippen LogP contribution in [0.15, 0.2) is 47.8 Å². The zero-order valence-corrected chi connectivity index (χ0v) is 15.0. The lowest BCUT2D eigenvalue weighted by molar-refractivity contribution is -0.385. The van der Waals surface area contributed by atoms with Crippen molar-refractivity contribution in [3.05, 3.63) is 69.3 Å². The van der Waals surface area contributed by atoms with Crippen molar-refractivity contribution in [2.75, 3.05) is 11.9 Å². The fraction of sp³-hybridized carbons (Fsp3) is 0.111. The first kappa shape index (κ1) is 18.5. The molecule has 2 aromatic carbocycles. The molecule has 0 fully saturated rings. The lowest BCUT2D eigenvalue weighted by Crippen LogP contribution is -2.20. The van der Waals surface area contributed by atoms with Crippen LogP contribution in [-0.4, -0.2) is 22.4 Å². The van der Waals surface area contributed by atoms with Crippen LogP contribution in [0.5, 0.6) is 5.75 Å². The summed E-state index contributed by atoms with van der Waals surface area (Å²) in [5.74, 6) is -1.56. The van der Waals surface area contributed by atoms with Gasteiger partial charge in [0.05, 0.1) is 10.6 Å². The van der Waals surface area contributed by atoms with E-state index in [0.29, 0.717) is 5.13 Å². The van der Waals surface area contributed by atoms with Crippen LogP contribution in [-0.2, 0) is 4.79 Å². The highest BCUT2D eigenvalue weighted by Crippen LogP contribution is 2.28. The first-order chi connectivity index (χ1) is 12.9. The van der Waals surface area contributed by atoms with Gasteiger partial charge in [0, 0.05) is 23.1 Å². The van der Waals surface area contributed by atoms with Gasteiger partial charge in [0.2, 0.25) is 5.75 Å². The largest absolute Gasteiger partial charge is 0.477 e. The van der Waals surface area contributed by atoms with Crippen molar-refractivity contribution in [1.29, 1.82) is 0 Å². The SMILES string of the molecule is Cc1ccc(-c2csc(NC(=O)COc3cc(F)ccc3[N+](=O)[O-])n2)cc1.